The van der Waals surface area contributed by atoms with Crippen LogP contribution in [0.4, 0.5) is 13.2 Å². The lowest BCUT2D eigenvalue weighted by Gasteiger charge is -2.14. The molecular formula is C19H22Cl3F3N2O3. The molecule has 2 aromatic rings. The summed E-state index contributed by atoms with van der Waals surface area (Å²) in [5, 5.41) is -1.14. The third-order valence-electron chi connectivity index (χ3n) is 2.75. The number of hydrogen-bond acceptors (Lipinski definition) is 5. The number of hydrogen-bond donors (Lipinski definition) is 2. The smallest absolute Gasteiger partial charge is 0.406 e. The Hall–Kier alpha value is -1.84. The van der Waals surface area contributed by atoms with E-state index in [9.17, 15) is 22.8 Å². The Labute approximate surface area is 189 Å². The number of halogens is 6. The average molecular weight is 490 g/mol. The maximum Gasteiger partial charge on any atom is 0.573 e. The van der Waals surface area contributed by atoms with E-state index in [1.165, 1.54) is 0 Å². The molecule has 0 radical (unpaired) electrons. The fourth-order valence-corrected chi connectivity index (χ4v) is 1.61. The number of rotatable bonds is 3. The van der Waals surface area contributed by atoms with E-state index in [-0.39, 0.29) is 29.3 Å². The van der Waals surface area contributed by atoms with Crippen molar-refractivity contribution in [2.45, 2.75) is 32.7 Å². The maximum atomic E-state index is 11.7. The van der Waals surface area contributed by atoms with Gasteiger partial charge in [0.15, 0.2) is 0 Å². The lowest BCUT2D eigenvalue weighted by atomic mass is 10.1. The molecule has 30 heavy (non-hydrogen) atoms. The normalized spacial score (nSPS) is 10.3. The molecule has 0 unspecified atom stereocenters. The van der Waals surface area contributed by atoms with Crippen LogP contribution in [-0.2, 0) is 0 Å². The molecule has 0 heterocycles. The number of alkyl halides is 3. The van der Waals surface area contributed by atoms with Gasteiger partial charge in [-0.25, -0.2) is 0 Å². The minimum atomic E-state index is -4.73. The van der Waals surface area contributed by atoms with Crippen molar-refractivity contribution in [3.63, 3.8) is 0 Å². The molecule has 168 valence electrons. The molecule has 0 aliphatic rings. The predicted molar refractivity (Wildman–Crippen MR) is 114 cm³/mol. The zero-order valence-corrected chi connectivity index (χ0v) is 18.6. The van der Waals surface area contributed by atoms with E-state index in [1.54, 1.807) is 24.3 Å². The zero-order valence-electron chi connectivity index (χ0n) is 16.3. The summed E-state index contributed by atoms with van der Waals surface area (Å²) < 4.78 is 38.6. The zero-order chi connectivity index (χ0) is 22.7. The number of ether oxygens (including phenoxy) is 1. The van der Waals surface area contributed by atoms with Gasteiger partial charge in [0.1, 0.15) is 5.75 Å². The molecule has 0 spiro atoms. The molecule has 11 heteroatoms. The van der Waals surface area contributed by atoms with Gasteiger partial charge < -0.3 is 4.74 Å². The van der Waals surface area contributed by atoms with E-state index in [0.29, 0.717) is 5.56 Å². The van der Waals surface area contributed by atoms with Gasteiger partial charge in [0.25, 0.3) is 10.5 Å². The van der Waals surface area contributed by atoms with Crippen LogP contribution in [-0.4, -0.2) is 22.4 Å². The van der Waals surface area contributed by atoms with Gasteiger partial charge in [0.05, 0.1) is 0 Å². The van der Waals surface area contributed by atoms with Crippen LogP contribution in [0.2, 0.25) is 0 Å². The summed E-state index contributed by atoms with van der Waals surface area (Å²) in [6.45, 7) is 6.02. The van der Waals surface area contributed by atoms with Gasteiger partial charge in [-0.15, -0.1) is 25.6 Å². The molecule has 0 saturated carbocycles. The second-order valence-electron chi connectivity index (χ2n) is 6.38. The lowest BCUT2D eigenvalue weighted by Crippen LogP contribution is -2.41. The first-order valence-corrected chi connectivity index (χ1v) is 8.79. The van der Waals surface area contributed by atoms with Gasteiger partial charge in [-0.2, -0.15) is 0 Å². The fraction of sp³-hybridized carbons (Fsp3) is 0.263. The topological polar surface area (TPSA) is 81.4 Å². The van der Waals surface area contributed by atoms with E-state index in [0.717, 1.165) is 24.3 Å². The summed E-state index contributed by atoms with van der Waals surface area (Å²) >= 11 is 10.3. The fourth-order valence-electron chi connectivity index (χ4n) is 1.36. The molecule has 3 N–H and O–H groups in total. The average Bonchev–Trinajstić information content (AvgIpc) is 2.62. The number of nitrogens with two attached hydrogens (primary N) is 1. The Bertz CT molecular complexity index is 767. The second kappa shape index (κ2) is 14.2. The molecule has 2 aromatic carbocycles. The largest absolute Gasteiger partial charge is 0.573 e. The van der Waals surface area contributed by atoms with Gasteiger partial charge in [-0.1, -0.05) is 30.3 Å². The molecule has 0 atom stereocenters. The maximum absolute atomic E-state index is 11.7. The summed E-state index contributed by atoms with van der Waals surface area (Å²) in [6.07, 6.45) is -4.73. The Balaban J connectivity index is 0. The van der Waals surface area contributed by atoms with Gasteiger partial charge >= 0.3 is 6.36 Å². The van der Waals surface area contributed by atoms with Crippen LogP contribution in [0, 0.1) is 0 Å². The number of hydrazine groups is 1. The van der Waals surface area contributed by atoms with E-state index < -0.39 is 16.8 Å². The van der Waals surface area contributed by atoms with Crippen molar-refractivity contribution in [3.05, 3.63) is 65.7 Å². The van der Waals surface area contributed by atoms with E-state index >= 15 is 0 Å². The third kappa shape index (κ3) is 16.0. The van der Waals surface area contributed by atoms with Crippen LogP contribution in [0.15, 0.2) is 54.6 Å². The molecule has 0 saturated heterocycles. The van der Waals surface area contributed by atoms with Crippen molar-refractivity contribution in [2.75, 3.05) is 0 Å². The highest BCUT2D eigenvalue weighted by atomic mass is 35.5. The minimum absolute atomic E-state index is 0. The molecule has 0 aliphatic heterocycles. The Morgan fingerprint density at radius 1 is 0.867 bits per heavy atom. The molecule has 5 nitrogen and oxygen atoms in total. The van der Waals surface area contributed by atoms with Crippen LogP contribution < -0.4 is 16.0 Å². The molecule has 0 aromatic heterocycles. The quantitative estimate of drug-likeness (QED) is 0.328. The highest BCUT2D eigenvalue weighted by Gasteiger charge is 2.30. The van der Waals surface area contributed by atoms with Gasteiger partial charge in [0, 0.05) is 16.7 Å². The highest BCUT2D eigenvalue weighted by Crippen LogP contribution is 2.22. The number of carbonyl (C=O) groups is 2. The van der Waals surface area contributed by atoms with Crippen molar-refractivity contribution in [3.8, 4) is 5.75 Å². The van der Waals surface area contributed by atoms with Crippen molar-refractivity contribution < 1.29 is 27.5 Å². The van der Waals surface area contributed by atoms with Crippen molar-refractivity contribution >= 4 is 46.1 Å². The first-order chi connectivity index (χ1) is 13.2. The van der Waals surface area contributed by atoms with Crippen molar-refractivity contribution in [2.24, 2.45) is 5.84 Å². The second-order valence-corrected chi connectivity index (χ2v) is 7.07. The van der Waals surface area contributed by atoms with E-state index in [4.69, 9.17) is 29.0 Å². The Kier molecular flexibility index (Phi) is 14.4. The van der Waals surface area contributed by atoms with Crippen molar-refractivity contribution in [1.29, 1.82) is 0 Å². The highest BCUT2D eigenvalue weighted by molar-refractivity contribution is 6.68. The van der Waals surface area contributed by atoms with Crippen LogP contribution >= 0.6 is 35.6 Å². The molecule has 0 fully saturated rings. The summed E-state index contributed by atoms with van der Waals surface area (Å²) in [5.74, 6) is 4.67. The molecule has 0 bridgehead atoms. The SMILES string of the molecule is CC(C)(C)NN.Cl.O=C(Cl)c1ccc(OC(F)(F)F)cc1.O=C(Cl)c1ccccc1. The van der Waals surface area contributed by atoms with Gasteiger partial charge in [-0.3, -0.25) is 20.9 Å². The Morgan fingerprint density at radius 2 is 1.23 bits per heavy atom. The molecule has 0 amide bonds. The summed E-state index contributed by atoms with van der Waals surface area (Å²) in [4.78, 5) is 21.0. The number of benzene rings is 2. The monoisotopic (exact) mass is 488 g/mol. The first-order valence-electron chi connectivity index (χ1n) is 8.03. The molecule has 2 rings (SSSR count). The minimum Gasteiger partial charge on any atom is -0.406 e. The lowest BCUT2D eigenvalue weighted by molar-refractivity contribution is -0.274. The Morgan fingerprint density at radius 3 is 1.50 bits per heavy atom. The van der Waals surface area contributed by atoms with E-state index in [2.05, 4.69) is 10.2 Å². The summed E-state index contributed by atoms with van der Waals surface area (Å²) in [5.41, 5.74) is 3.33. The first kappa shape index (κ1) is 30.4. The summed E-state index contributed by atoms with van der Waals surface area (Å²) in [7, 11) is 0. The van der Waals surface area contributed by atoms with Crippen molar-refractivity contribution in [1.82, 2.24) is 5.43 Å². The van der Waals surface area contributed by atoms with Crippen LogP contribution in [0.5, 0.6) is 5.75 Å². The standard InChI is InChI=1S/C8H4ClF3O2.C7H5ClO.C4H12N2.ClH/c9-7(13)5-1-3-6(4-2-5)14-8(10,11)12;8-7(9)6-4-2-1-3-5-6;1-4(2,3)6-5;/h1-4H;1-5H;6H,5H2,1-3H3;1H. The van der Waals surface area contributed by atoms with Crippen LogP contribution in [0.3, 0.4) is 0 Å². The number of nitrogens with one attached hydrogen (secondary N) is 1. The van der Waals surface area contributed by atoms with Gasteiger partial charge in [0.2, 0.25) is 0 Å². The third-order valence-corrected chi connectivity index (χ3v) is 3.19. The van der Waals surface area contributed by atoms with Gasteiger partial charge in [-0.05, 0) is 68.2 Å². The molecule has 0 aliphatic carbocycles. The number of carbonyl (C=O) groups excluding carboxylic acids is 2. The predicted octanol–water partition coefficient (Wildman–Crippen LogP) is 5.70. The van der Waals surface area contributed by atoms with Crippen LogP contribution in [0.25, 0.3) is 0 Å². The van der Waals surface area contributed by atoms with Crippen LogP contribution in [0.1, 0.15) is 41.5 Å². The summed E-state index contributed by atoms with van der Waals surface area (Å²) in [6, 6.07) is 13.1. The van der Waals surface area contributed by atoms with E-state index in [1.807, 2.05) is 26.8 Å². The molecular weight excluding hydrogens is 468 g/mol.